The van der Waals surface area contributed by atoms with Crippen LogP contribution in [0.4, 0.5) is 5.69 Å². The van der Waals surface area contributed by atoms with Crippen LogP contribution in [0.1, 0.15) is 18.1 Å². The van der Waals surface area contributed by atoms with Crippen LogP contribution in [0.15, 0.2) is 42.5 Å². The summed E-state index contributed by atoms with van der Waals surface area (Å²) in [4.78, 5) is 0. The Labute approximate surface area is 126 Å². The van der Waals surface area contributed by atoms with Gasteiger partial charge in [0, 0.05) is 12.2 Å². The average Bonchev–Trinajstić information content (AvgIpc) is 2.48. The van der Waals surface area contributed by atoms with Crippen molar-refractivity contribution < 1.29 is 9.47 Å². The molecule has 0 bridgehead atoms. The monoisotopic (exact) mass is 285 g/mol. The van der Waals surface area contributed by atoms with E-state index in [1.165, 1.54) is 16.8 Å². The Bertz CT molecular complexity index is 561. The van der Waals surface area contributed by atoms with Crippen LogP contribution in [-0.4, -0.2) is 19.8 Å². The SMILES string of the molecule is CCOc1ccccc1OCCNc1c(C)cccc1C. The van der Waals surface area contributed by atoms with Gasteiger partial charge in [-0.1, -0.05) is 30.3 Å². The summed E-state index contributed by atoms with van der Waals surface area (Å²) < 4.78 is 11.3. The van der Waals surface area contributed by atoms with Crippen molar-refractivity contribution in [3.8, 4) is 11.5 Å². The smallest absolute Gasteiger partial charge is 0.161 e. The number of rotatable bonds is 7. The fourth-order valence-electron chi connectivity index (χ4n) is 2.27. The number of anilines is 1. The van der Waals surface area contributed by atoms with E-state index in [1.54, 1.807) is 0 Å². The molecular weight excluding hydrogens is 262 g/mol. The summed E-state index contributed by atoms with van der Waals surface area (Å²) in [5.41, 5.74) is 3.70. The van der Waals surface area contributed by atoms with E-state index in [1.807, 2.05) is 31.2 Å². The molecule has 2 aromatic rings. The highest BCUT2D eigenvalue weighted by Crippen LogP contribution is 2.26. The van der Waals surface area contributed by atoms with Crippen LogP contribution in [0.5, 0.6) is 11.5 Å². The minimum atomic E-state index is 0.595. The maximum Gasteiger partial charge on any atom is 0.161 e. The highest BCUT2D eigenvalue weighted by molar-refractivity contribution is 5.56. The van der Waals surface area contributed by atoms with Gasteiger partial charge in [0.15, 0.2) is 11.5 Å². The summed E-state index contributed by atoms with van der Waals surface area (Å²) in [5, 5.41) is 3.44. The molecule has 0 saturated heterocycles. The standard InChI is InChI=1S/C18H23NO2/c1-4-20-16-10-5-6-11-17(16)21-13-12-19-18-14(2)8-7-9-15(18)3/h5-11,19H,4,12-13H2,1-3H3. The number of hydrogen-bond donors (Lipinski definition) is 1. The Kier molecular flexibility index (Phi) is 5.50. The molecule has 0 saturated carbocycles. The molecule has 0 aliphatic heterocycles. The van der Waals surface area contributed by atoms with Gasteiger partial charge in [0.25, 0.3) is 0 Å². The van der Waals surface area contributed by atoms with Gasteiger partial charge in [-0.3, -0.25) is 0 Å². The van der Waals surface area contributed by atoms with Gasteiger partial charge < -0.3 is 14.8 Å². The van der Waals surface area contributed by atoms with Crippen LogP contribution in [-0.2, 0) is 0 Å². The lowest BCUT2D eigenvalue weighted by atomic mass is 10.1. The molecule has 0 spiro atoms. The second-order valence-electron chi connectivity index (χ2n) is 4.92. The summed E-state index contributed by atoms with van der Waals surface area (Å²) in [5.74, 6) is 1.59. The van der Waals surface area contributed by atoms with Gasteiger partial charge in [-0.05, 0) is 44.0 Å². The third-order valence-electron chi connectivity index (χ3n) is 3.29. The van der Waals surface area contributed by atoms with Gasteiger partial charge in [-0.15, -0.1) is 0 Å². The lowest BCUT2D eigenvalue weighted by Gasteiger charge is -2.14. The van der Waals surface area contributed by atoms with Crippen molar-refractivity contribution in [1.29, 1.82) is 0 Å². The molecule has 0 aliphatic carbocycles. The van der Waals surface area contributed by atoms with Crippen LogP contribution >= 0.6 is 0 Å². The fraction of sp³-hybridized carbons (Fsp3) is 0.333. The average molecular weight is 285 g/mol. The van der Waals surface area contributed by atoms with Crippen molar-refractivity contribution in [2.24, 2.45) is 0 Å². The van der Waals surface area contributed by atoms with Crippen LogP contribution in [0, 0.1) is 13.8 Å². The van der Waals surface area contributed by atoms with E-state index in [0.29, 0.717) is 13.2 Å². The number of aryl methyl sites for hydroxylation is 2. The molecule has 0 fully saturated rings. The van der Waals surface area contributed by atoms with E-state index >= 15 is 0 Å². The van der Waals surface area contributed by atoms with Crippen molar-refractivity contribution in [2.75, 3.05) is 25.1 Å². The van der Waals surface area contributed by atoms with Gasteiger partial charge in [-0.25, -0.2) is 0 Å². The predicted molar refractivity (Wildman–Crippen MR) is 87.5 cm³/mol. The Balaban J connectivity index is 1.88. The van der Waals surface area contributed by atoms with Crippen molar-refractivity contribution in [3.05, 3.63) is 53.6 Å². The summed E-state index contributed by atoms with van der Waals surface area (Å²) in [6.45, 7) is 8.19. The molecule has 0 heterocycles. The molecule has 1 N–H and O–H groups in total. The normalized spacial score (nSPS) is 10.2. The van der Waals surface area contributed by atoms with Gasteiger partial charge >= 0.3 is 0 Å². The van der Waals surface area contributed by atoms with Crippen LogP contribution in [0.25, 0.3) is 0 Å². The first kappa shape index (κ1) is 15.2. The molecule has 0 unspecified atom stereocenters. The van der Waals surface area contributed by atoms with Crippen LogP contribution in [0.3, 0.4) is 0 Å². The first-order chi connectivity index (χ1) is 10.2. The van der Waals surface area contributed by atoms with E-state index in [2.05, 4.69) is 37.4 Å². The minimum absolute atomic E-state index is 0.595. The topological polar surface area (TPSA) is 30.5 Å². The molecule has 0 aromatic heterocycles. The molecule has 2 aromatic carbocycles. The first-order valence-corrected chi connectivity index (χ1v) is 7.37. The molecule has 0 aliphatic rings. The highest BCUT2D eigenvalue weighted by atomic mass is 16.5. The fourth-order valence-corrected chi connectivity index (χ4v) is 2.27. The van der Waals surface area contributed by atoms with Crippen molar-refractivity contribution in [3.63, 3.8) is 0 Å². The van der Waals surface area contributed by atoms with Crippen LogP contribution in [0.2, 0.25) is 0 Å². The number of para-hydroxylation sites is 3. The van der Waals surface area contributed by atoms with Crippen molar-refractivity contribution in [1.82, 2.24) is 0 Å². The number of ether oxygens (including phenoxy) is 2. The zero-order valence-corrected chi connectivity index (χ0v) is 13.0. The summed E-state index contributed by atoms with van der Waals surface area (Å²) in [7, 11) is 0. The maximum absolute atomic E-state index is 5.80. The zero-order chi connectivity index (χ0) is 15.1. The quantitative estimate of drug-likeness (QED) is 0.774. The summed E-state index contributed by atoms with van der Waals surface area (Å²) in [6.07, 6.45) is 0. The molecule has 3 heteroatoms. The second kappa shape index (κ2) is 7.58. The predicted octanol–water partition coefficient (Wildman–Crippen LogP) is 4.19. The summed E-state index contributed by atoms with van der Waals surface area (Å²) >= 11 is 0. The van der Waals surface area contributed by atoms with Crippen molar-refractivity contribution in [2.45, 2.75) is 20.8 Å². The molecule has 3 nitrogen and oxygen atoms in total. The molecule has 0 atom stereocenters. The molecule has 21 heavy (non-hydrogen) atoms. The lowest BCUT2D eigenvalue weighted by Crippen LogP contribution is -2.13. The van der Waals surface area contributed by atoms with E-state index in [0.717, 1.165) is 18.0 Å². The number of nitrogens with one attached hydrogen (secondary N) is 1. The lowest BCUT2D eigenvalue weighted by molar-refractivity contribution is 0.284. The first-order valence-electron chi connectivity index (χ1n) is 7.37. The third-order valence-corrected chi connectivity index (χ3v) is 3.29. The third kappa shape index (κ3) is 4.15. The Morgan fingerprint density at radius 2 is 1.48 bits per heavy atom. The molecule has 112 valence electrons. The second-order valence-corrected chi connectivity index (χ2v) is 4.92. The minimum Gasteiger partial charge on any atom is -0.490 e. The zero-order valence-electron chi connectivity index (χ0n) is 13.0. The van der Waals surface area contributed by atoms with E-state index in [4.69, 9.17) is 9.47 Å². The molecule has 0 amide bonds. The highest BCUT2D eigenvalue weighted by Gasteiger charge is 2.04. The van der Waals surface area contributed by atoms with E-state index in [9.17, 15) is 0 Å². The number of benzene rings is 2. The van der Waals surface area contributed by atoms with Gasteiger partial charge in [0.05, 0.1) is 6.61 Å². The number of hydrogen-bond acceptors (Lipinski definition) is 3. The van der Waals surface area contributed by atoms with Crippen molar-refractivity contribution >= 4 is 5.69 Å². The molecule has 0 radical (unpaired) electrons. The Morgan fingerprint density at radius 3 is 2.10 bits per heavy atom. The van der Waals surface area contributed by atoms with Gasteiger partial charge in [0.2, 0.25) is 0 Å². The Morgan fingerprint density at radius 1 is 0.857 bits per heavy atom. The van der Waals surface area contributed by atoms with Gasteiger partial charge in [0.1, 0.15) is 6.61 Å². The molecular formula is C18H23NO2. The van der Waals surface area contributed by atoms with E-state index in [-0.39, 0.29) is 0 Å². The van der Waals surface area contributed by atoms with Gasteiger partial charge in [-0.2, -0.15) is 0 Å². The maximum atomic E-state index is 5.80. The van der Waals surface area contributed by atoms with E-state index < -0.39 is 0 Å². The molecule has 2 rings (SSSR count). The van der Waals surface area contributed by atoms with Crippen LogP contribution < -0.4 is 14.8 Å². The Hall–Kier alpha value is -2.16. The summed E-state index contributed by atoms with van der Waals surface area (Å²) in [6, 6.07) is 14.1. The largest absolute Gasteiger partial charge is 0.490 e.